The summed E-state index contributed by atoms with van der Waals surface area (Å²) in [6, 6.07) is 4.74. The Kier molecular flexibility index (Phi) is 1.81. The number of benzene rings is 1. The van der Waals surface area contributed by atoms with Crippen LogP contribution in [0.5, 0.6) is 5.75 Å². The highest BCUT2D eigenvalue weighted by molar-refractivity contribution is 5.81. The van der Waals surface area contributed by atoms with Gasteiger partial charge in [-0.15, -0.1) is 5.10 Å². The van der Waals surface area contributed by atoms with E-state index in [4.69, 9.17) is 5.11 Å². The van der Waals surface area contributed by atoms with Crippen LogP contribution >= 0.6 is 0 Å². The highest BCUT2D eigenvalue weighted by atomic mass is 16.4. The molecule has 0 aliphatic heterocycles. The Hall–Kier alpha value is -2.11. The van der Waals surface area contributed by atoms with Gasteiger partial charge in [-0.1, -0.05) is 11.3 Å². The molecule has 0 bridgehead atoms. The molecule has 0 aliphatic carbocycles. The maximum absolute atomic E-state index is 10.4. The monoisotopic (exact) mass is 193 g/mol. The van der Waals surface area contributed by atoms with Crippen LogP contribution < -0.4 is 0 Å². The quantitative estimate of drug-likeness (QED) is 0.712. The van der Waals surface area contributed by atoms with E-state index in [1.807, 2.05) is 0 Å². The first-order valence-corrected chi connectivity index (χ1v) is 3.91. The van der Waals surface area contributed by atoms with Crippen molar-refractivity contribution in [1.82, 2.24) is 15.0 Å². The van der Waals surface area contributed by atoms with Crippen molar-refractivity contribution in [1.29, 1.82) is 0 Å². The van der Waals surface area contributed by atoms with Crippen molar-refractivity contribution >= 4 is 17.0 Å². The number of aliphatic carboxylic acids is 1. The number of hydrogen-bond donors (Lipinski definition) is 2. The van der Waals surface area contributed by atoms with Crippen LogP contribution in [0.25, 0.3) is 11.0 Å². The number of carboxylic acid groups (broad SMARTS) is 1. The third-order valence-corrected chi connectivity index (χ3v) is 1.81. The normalized spacial score (nSPS) is 10.6. The number of fused-ring (bicyclic) bond motifs is 1. The molecule has 0 aliphatic rings. The van der Waals surface area contributed by atoms with Crippen LogP contribution in [0.3, 0.4) is 0 Å². The third-order valence-electron chi connectivity index (χ3n) is 1.81. The van der Waals surface area contributed by atoms with Crippen LogP contribution in [0.4, 0.5) is 0 Å². The molecule has 2 N–H and O–H groups in total. The minimum Gasteiger partial charge on any atom is -0.506 e. The summed E-state index contributed by atoms with van der Waals surface area (Å²) in [6.07, 6.45) is 0. The van der Waals surface area contributed by atoms with Crippen LogP contribution in [0.15, 0.2) is 18.2 Å². The van der Waals surface area contributed by atoms with Gasteiger partial charge in [-0.05, 0) is 12.1 Å². The van der Waals surface area contributed by atoms with Gasteiger partial charge in [0.05, 0.1) is 5.52 Å². The van der Waals surface area contributed by atoms with E-state index in [9.17, 15) is 9.90 Å². The average molecular weight is 193 g/mol. The van der Waals surface area contributed by atoms with Crippen LogP contribution in [-0.4, -0.2) is 31.2 Å². The molecule has 1 heterocycles. The Morgan fingerprint density at radius 1 is 1.50 bits per heavy atom. The van der Waals surface area contributed by atoms with Crippen LogP contribution in [0, 0.1) is 0 Å². The SMILES string of the molecule is O=C(O)Cn1nnc2c(O)cccc21. The van der Waals surface area contributed by atoms with Gasteiger partial charge in [-0.2, -0.15) is 0 Å². The van der Waals surface area contributed by atoms with Crippen LogP contribution in [0.2, 0.25) is 0 Å². The molecule has 6 nitrogen and oxygen atoms in total. The zero-order valence-corrected chi connectivity index (χ0v) is 7.08. The molecule has 2 rings (SSSR count). The highest BCUT2D eigenvalue weighted by Crippen LogP contribution is 2.20. The van der Waals surface area contributed by atoms with Crippen LogP contribution in [-0.2, 0) is 11.3 Å². The summed E-state index contributed by atoms with van der Waals surface area (Å²) in [5.74, 6) is -1.00. The topological polar surface area (TPSA) is 88.2 Å². The Labute approximate surface area is 78.4 Å². The van der Waals surface area contributed by atoms with Gasteiger partial charge in [0.1, 0.15) is 12.3 Å². The minimum absolute atomic E-state index is 0.000797. The van der Waals surface area contributed by atoms with Gasteiger partial charge in [0.15, 0.2) is 5.52 Å². The Balaban J connectivity index is 2.58. The number of nitrogens with zero attached hydrogens (tertiary/aromatic N) is 3. The molecule has 0 saturated carbocycles. The molecule has 2 aromatic rings. The molecular weight excluding hydrogens is 186 g/mol. The molecule has 1 aromatic carbocycles. The number of aromatic nitrogens is 3. The highest BCUT2D eigenvalue weighted by Gasteiger charge is 2.09. The second-order valence-corrected chi connectivity index (χ2v) is 2.79. The van der Waals surface area contributed by atoms with Crippen LogP contribution in [0.1, 0.15) is 0 Å². The Bertz CT molecular complexity index is 492. The van der Waals surface area contributed by atoms with E-state index in [0.717, 1.165) is 0 Å². The summed E-state index contributed by atoms with van der Waals surface area (Å²) >= 11 is 0. The lowest BCUT2D eigenvalue weighted by molar-refractivity contribution is -0.137. The predicted molar refractivity (Wildman–Crippen MR) is 46.8 cm³/mol. The number of carboxylic acids is 1. The third kappa shape index (κ3) is 1.26. The van der Waals surface area contributed by atoms with Crippen molar-refractivity contribution in [2.45, 2.75) is 6.54 Å². The molecule has 1 aromatic heterocycles. The fourth-order valence-corrected chi connectivity index (χ4v) is 1.22. The fraction of sp³-hybridized carbons (Fsp3) is 0.125. The summed E-state index contributed by atoms with van der Waals surface area (Å²) < 4.78 is 1.22. The summed E-state index contributed by atoms with van der Waals surface area (Å²) in [7, 11) is 0. The largest absolute Gasteiger partial charge is 0.506 e. The summed E-state index contributed by atoms with van der Waals surface area (Å²) in [5.41, 5.74) is 0.821. The van der Waals surface area contributed by atoms with Gasteiger partial charge in [-0.25, -0.2) is 4.68 Å². The van der Waals surface area contributed by atoms with E-state index in [1.54, 1.807) is 12.1 Å². The van der Waals surface area contributed by atoms with Crippen molar-refractivity contribution in [3.05, 3.63) is 18.2 Å². The smallest absolute Gasteiger partial charge is 0.325 e. The second-order valence-electron chi connectivity index (χ2n) is 2.79. The molecule has 0 saturated heterocycles. The number of carbonyl (C=O) groups is 1. The molecule has 0 atom stereocenters. The standard InChI is InChI=1S/C8H7N3O3/c12-6-3-1-2-5-8(6)9-10-11(5)4-7(13)14/h1-3,12H,4H2,(H,13,14). The predicted octanol–water partition coefficient (Wildman–Crippen LogP) is 0.221. The Morgan fingerprint density at radius 2 is 2.29 bits per heavy atom. The van der Waals surface area contributed by atoms with E-state index >= 15 is 0 Å². The second kappa shape index (κ2) is 2.99. The Morgan fingerprint density at radius 3 is 3.00 bits per heavy atom. The maximum atomic E-state index is 10.4. The van der Waals surface area contributed by atoms with Crippen molar-refractivity contribution < 1.29 is 15.0 Å². The molecular formula is C8H7N3O3. The first kappa shape index (κ1) is 8.49. The fourth-order valence-electron chi connectivity index (χ4n) is 1.22. The van der Waals surface area contributed by atoms with Gasteiger partial charge >= 0.3 is 5.97 Å². The van der Waals surface area contributed by atoms with Gasteiger partial charge in [0.25, 0.3) is 0 Å². The lowest BCUT2D eigenvalue weighted by Crippen LogP contribution is -2.09. The number of phenols is 1. The zero-order valence-electron chi connectivity index (χ0n) is 7.08. The molecule has 0 fully saturated rings. The first-order valence-electron chi connectivity index (χ1n) is 3.91. The molecule has 0 radical (unpaired) electrons. The van der Waals surface area contributed by atoms with Crippen molar-refractivity contribution in [2.75, 3.05) is 0 Å². The van der Waals surface area contributed by atoms with E-state index < -0.39 is 5.97 Å². The minimum atomic E-state index is -1.000. The molecule has 0 spiro atoms. The van der Waals surface area contributed by atoms with Crippen molar-refractivity contribution in [3.63, 3.8) is 0 Å². The van der Waals surface area contributed by atoms with E-state index in [1.165, 1.54) is 10.7 Å². The van der Waals surface area contributed by atoms with E-state index in [2.05, 4.69) is 10.3 Å². The molecule has 0 amide bonds. The summed E-state index contributed by atoms with van der Waals surface area (Å²) in [6.45, 7) is -0.264. The molecule has 14 heavy (non-hydrogen) atoms. The number of aromatic hydroxyl groups is 1. The molecule has 0 unspecified atom stereocenters. The van der Waals surface area contributed by atoms with Gasteiger partial charge in [0, 0.05) is 0 Å². The van der Waals surface area contributed by atoms with Crippen molar-refractivity contribution in [2.24, 2.45) is 0 Å². The lowest BCUT2D eigenvalue weighted by atomic mass is 10.3. The zero-order chi connectivity index (χ0) is 10.1. The van der Waals surface area contributed by atoms with E-state index in [-0.39, 0.29) is 12.3 Å². The van der Waals surface area contributed by atoms with Gasteiger partial charge in [0.2, 0.25) is 0 Å². The lowest BCUT2D eigenvalue weighted by Gasteiger charge is -1.96. The number of phenolic OH excluding ortho intramolecular Hbond substituents is 1. The molecule has 72 valence electrons. The maximum Gasteiger partial charge on any atom is 0.325 e. The van der Waals surface area contributed by atoms with Gasteiger partial charge in [-0.3, -0.25) is 4.79 Å². The first-order chi connectivity index (χ1) is 6.68. The van der Waals surface area contributed by atoms with Gasteiger partial charge < -0.3 is 10.2 Å². The summed E-state index contributed by atoms with van der Waals surface area (Å²) in [4.78, 5) is 10.4. The number of hydrogen-bond acceptors (Lipinski definition) is 4. The summed E-state index contributed by atoms with van der Waals surface area (Å²) in [5, 5.41) is 25.2. The van der Waals surface area contributed by atoms with Crippen molar-refractivity contribution in [3.8, 4) is 5.75 Å². The average Bonchev–Trinajstić information content (AvgIpc) is 2.49. The van der Waals surface area contributed by atoms with E-state index in [0.29, 0.717) is 11.0 Å². The molecule has 6 heteroatoms. The number of rotatable bonds is 2.